The lowest BCUT2D eigenvalue weighted by Gasteiger charge is -2.25. The fourth-order valence-corrected chi connectivity index (χ4v) is 3.05. The Morgan fingerprint density at radius 1 is 1.37 bits per heavy atom. The topological polar surface area (TPSA) is 80.7 Å². The van der Waals surface area contributed by atoms with E-state index in [0.717, 1.165) is 0 Å². The third-order valence-electron chi connectivity index (χ3n) is 2.74. The molecular weight excluding hydrogens is 357 g/mol. The normalized spacial score (nSPS) is 21.1. The lowest BCUT2D eigenvalue weighted by atomic mass is 10.1. The number of alkyl halides is 4. The summed E-state index contributed by atoms with van der Waals surface area (Å²) < 4.78 is 70.2. The van der Waals surface area contributed by atoms with Crippen LogP contribution < -0.4 is 0 Å². The summed E-state index contributed by atoms with van der Waals surface area (Å²) in [6.45, 7) is 0. The number of hydrogen-bond acceptors (Lipinski definition) is 4. The van der Waals surface area contributed by atoms with Crippen LogP contribution >= 0.6 is 15.9 Å². The molecule has 10 heteroatoms. The fraction of sp³-hybridized carbons (Fsp3) is 0.889. The van der Waals surface area contributed by atoms with E-state index in [1.165, 1.54) is 0 Å². The van der Waals surface area contributed by atoms with Crippen LogP contribution in [0.3, 0.4) is 0 Å². The maximum absolute atomic E-state index is 12.6. The van der Waals surface area contributed by atoms with Crippen LogP contribution in [0.15, 0.2) is 0 Å². The molecule has 1 unspecified atom stereocenters. The van der Waals surface area contributed by atoms with Gasteiger partial charge in [-0.2, -0.15) is 21.6 Å². The quantitative estimate of drug-likeness (QED) is 0.466. The van der Waals surface area contributed by atoms with E-state index >= 15 is 0 Å². The van der Waals surface area contributed by atoms with Crippen molar-refractivity contribution in [3.8, 4) is 0 Å². The molecule has 1 rings (SSSR count). The zero-order chi connectivity index (χ0) is 14.9. The number of ether oxygens (including phenoxy) is 1. The van der Waals surface area contributed by atoms with Crippen LogP contribution in [0.2, 0.25) is 0 Å². The molecule has 1 saturated carbocycles. The van der Waals surface area contributed by atoms with Gasteiger partial charge in [-0.15, -0.1) is 0 Å². The minimum atomic E-state index is -5.06. The van der Waals surface area contributed by atoms with Crippen molar-refractivity contribution in [2.24, 2.45) is 0 Å². The molecule has 1 fully saturated rings. The van der Waals surface area contributed by atoms with Crippen molar-refractivity contribution < 1.29 is 35.7 Å². The monoisotopic (exact) mass is 368 g/mol. The van der Waals surface area contributed by atoms with Crippen LogP contribution in [0.25, 0.3) is 0 Å². The summed E-state index contributed by atoms with van der Waals surface area (Å²) in [4.78, 5) is 11.7. The minimum absolute atomic E-state index is 0.322. The SMILES string of the molecule is O=C(OC(CS(=O)(=O)O)C(F)(F)F)C1(Br)CCCC1. The molecule has 0 amide bonds. The van der Waals surface area contributed by atoms with Crippen LogP contribution in [-0.2, 0) is 19.6 Å². The highest BCUT2D eigenvalue weighted by Gasteiger charge is 2.49. The Morgan fingerprint density at radius 2 is 1.84 bits per heavy atom. The largest absolute Gasteiger partial charge is 0.450 e. The van der Waals surface area contributed by atoms with E-state index in [0.29, 0.717) is 25.7 Å². The van der Waals surface area contributed by atoms with E-state index in [1.807, 2.05) is 0 Å². The highest BCUT2D eigenvalue weighted by atomic mass is 79.9. The van der Waals surface area contributed by atoms with Crippen molar-refractivity contribution in [1.29, 1.82) is 0 Å². The zero-order valence-corrected chi connectivity index (χ0v) is 12.0. The standard InChI is InChI=1S/C9H12BrF3O5S/c10-8(3-1-2-4-8)7(14)18-6(9(11,12)13)5-19(15,16)17/h6H,1-5H2,(H,15,16,17). The highest BCUT2D eigenvalue weighted by molar-refractivity contribution is 9.10. The van der Waals surface area contributed by atoms with Crippen molar-refractivity contribution in [2.45, 2.75) is 42.3 Å². The molecular formula is C9H12BrF3O5S. The summed E-state index contributed by atoms with van der Waals surface area (Å²) in [6.07, 6.45) is -5.96. The first-order valence-corrected chi connectivity index (χ1v) is 7.76. The van der Waals surface area contributed by atoms with Gasteiger partial charge in [-0.25, -0.2) is 0 Å². The summed E-state index contributed by atoms with van der Waals surface area (Å²) in [5.74, 6) is -2.86. The minimum Gasteiger partial charge on any atom is -0.450 e. The number of esters is 1. The van der Waals surface area contributed by atoms with Crippen molar-refractivity contribution >= 4 is 32.0 Å². The first kappa shape index (κ1) is 16.7. The molecule has 0 aromatic carbocycles. The molecule has 1 aliphatic carbocycles. The first-order chi connectivity index (χ1) is 8.44. The van der Waals surface area contributed by atoms with Crippen LogP contribution in [0, 0.1) is 0 Å². The molecule has 0 heterocycles. The van der Waals surface area contributed by atoms with Crippen molar-refractivity contribution in [1.82, 2.24) is 0 Å². The van der Waals surface area contributed by atoms with Gasteiger partial charge in [0.1, 0.15) is 10.1 Å². The summed E-state index contributed by atoms with van der Waals surface area (Å²) in [6, 6.07) is 0. The zero-order valence-electron chi connectivity index (χ0n) is 9.61. The molecule has 1 N–H and O–H groups in total. The van der Waals surface area contributed by atoms with Gasteiger partial charge in [0.05, 0.1) is 0 Å². The number of carbonyl (C=O) groups is 1. The molecule has 0 aromatic heterocycles. The van der Waals surface area contributed by atoms with Crippen LogP contribution in [0.1, 0.15) is 25.7 Å². The first-order valence-electron chi connectivity index (χ1n) is 5.36. The van der Waals surface area contributed by atoms with E-state index in [-0.39, 0.29) is 0 Å². The van der Waals surface area contributed by atoms with E-state index in [1.54, 1.807) is 0 Å². The second-order valence-electron chi connectivity index (χ2n) is 4.36. The van der Waals surface area contributed by atoms with Crippen molar-refractivity contribution in [3.05, 3.63) is 0 Å². The molecule has 1 atom stereocenters. The molecule has 0 aromatic rings. The van der Waals surface area contributed by atoms with E-state index < -0.39 is 38.4 Å². The van der Waals surface area contributed by atoms with Gasteiger partial charge < -0.3 is 4.74 Å². The summed E-state index contributed by atoms with van der Waals surface area (Å²) in [5.41, 5.74) is 0. The van der Waals surface area contributed by atoms with Crippen LogP contribution in [0.5, 0.6) is 0 Å². The molecule has 0 aliphatic heterocycles. The van der Waals surface area contributed by atoms with Gasteiger partial charge in [-0.1, -0.05) is 28.8 Å². The summed E-state index contributed by atoms with van der Waals surface area (Å²) in [7, 11) is -4.91. The molecule has 5 nitrogen and oxygen atoms in total. The second-order valence-corrected chi connectivity index (χ2v) is 7.37. The maximum atomic E-state index is 12.6. The van der Waals surface area contributed by atoms with Gasteiger partial charge in [0, 0.05) is 0 Å². The average Bonchev–Trinajstić information content (AvgIpc) is 2.62. The predicted molar refractivity (Wildman–Crippen MR) is 62.5 cm³/mol. The predicted octanol–water partition coefficient (Wildman–Crippen LogP) is 2.06. The molecule has 0 spiro atoms. The van der Waals surface area contributed by atoms with Crippen LogP contribution in [0.4, 0.5) is 13.2 Å². The third kappa shape index (κ3) is 4.92. The summed E-state index contributed by atoms with van der Waals surface area (Å²) in [5, 5.41) is 0. The molecule has 19 heavy (non-hydrogen) atoms. The Labute approximate surface area is 116 Å². The highest BCUT2D eigenvalue weighted by Crippen LogP contribution is 2.39. The van der Waals surface area contributed by atoms with E-state index in [4.69, 9.17) is 4.55 Å². The summed E-state index contributed by atoms with van der Waals surface area (Å²) >= 11 is 3.03. The van der Waals surface area contributed by atoms with Crippen LogP contribution in [-0.4, -0.2) is 41.3 Å². The molecule has 1 aliphatic rings. The van der Waals surface area contributed by atoms with E-state index in [2.05, 4.69) is 20.7 Å². The average molecular weight is 369 g/mol. The number of rotatable bonds is 4. The van der Waals surface area contributed by atoms with Gasteiger partial charge >= 0.3 is 12.1 Å². The molecule has 0 bridgehead atoms. The Bertz CT molecular complexity index is 441. The third-order valence-corrected chi connectivity index (χ3v) is 4.58. The lowest BCUT2D eigenvalue weighted by molar-refractivity contribution is -0.216. The van der Waals surface area contributed by atoms with Crippen molar-refractivity contribution in [3.63, 3.8) is 0 Å². The smallest absolute Gasteiger partial charge is 0.426 e. The van der Waals surface area contributed by atoms with Gasteiger partial charge in [-0.3, -0.25) is 9.35 Å². The number of hydrogen-bond donors (Lipinski definition) is 1. The number of halogens is 4. The molecule has 112 valence electrons. The Morgan fingerprint density at radius 3 is 2.21 bits per heavy atom. The maximum Gasteiger partial charge on any atom is 0.426 e. The van der Waals surface area contributed by atoms with E-state index in [9.17, 15) is 26.4 Å². The Kier molecular flexibility index (Phi) is 4.89. The molecule has 0 saturated heterocycles. The van der Waals surface area contributed by atoms with Crippen molar-refractivity contribution in [2.75, 3.05) is 5.75 Å². The Balaban J connectivity index is 2.81. The van der Waals surface area contributed by atoms with Gasteiger partial charge in [-0.05, 0) is 12.8 Å². The molecule has 0 radical (unpaired) electrons. The Hall–Kier alpha value is -0.350. The van der Waals surface area contributed by atoms with Gasteiger partial charge in [0.15, 0.2) is 0 Å². The number of carbonyl (C=O) groups excluding carboxylic acids is 1. The lowest BCUT2D eigenvalue weighted by Crippen LogP contribution is -2.43. The van der Waals surface area contributed by atoms with Gasteiger partial charge in [0.2, 0.25) is 6.10 Å². The second kappa shape index (κ2) is 5.57. The van der Waals surface area contributed by atoms with Gasteiger partial charge in [0.25, 0.3) is 10.1 Å². The fourth-order valence-electron chi connectivity index (χ4n) is 1.76.